The van der Waals surface area contributed by atoms with Crippen LogP contribution in [0.3, 0.4) is 0 Å². The third-order valence-electron chi connectivity index (χ3n) is 3.57. The molecule has 7 heteroatoms. The standard InChI is InChI=1S/C18H17FN4O2/c1-23-13(10-16(22-23)15-7-4-5-9-20-15)11-21-18(24)12-25-17-8-3-2-6-14(17)19/h2-10H,11-12H2,1H3,(H,21,24). The first kappa shape index (κ1) is 16.6. The zero-order valence-electron chi connectivity index (χ0n) is 13.6. The largest absolute Gasteiger partial charge is 0.481 e. The maximum atomic E-state index is 13.4. The molecule has 1 N–H and O–H groups in total. The fourth-order valence-corrected chi connectivity index (χ4v) is 2.26. The zero-order valence-corrected chi connectivity index (χ0v) is 13.6. The van der Waals surface area contributed by atoms with Gasteiger partial charge >= 0.3 is 0 Å². The van der Waals surface area contributed by atoms with Gasteiger partial charge in [0.15, 0.2) is 18.2 Å². The lowest BCUT2D eigenvalue weighted by Crippen LogP contribution is -2.29. The molecule has 3 aromatic rings. The van der Waals surface area contributed by atoms with E-state index in [9.17, 15) is 9.18 Å². The predicted octanol–water partition coefficient (Wildman–Crippen LogP) is 2.32. The van der Waals surface area contributed by atoms with Crippen molar-refractivity contribution in [1.29, 1.82) is 0 Å². The van der Waals surface area contributed by atoms with Crippen LogP contribution in [0.1, 0.15) is 5.69 Å². The van der Waals surface area contributed by atoms with E-state index in [1.807, 2.05) is 24.3 Å². The molecule has 0 unspecified atom stereocenters. The van der Waals surface area contributed by atoms with E-state index in [1.54, 1.807) is 30.1 Å². The first-order chi connectivity index (χ1) is 12.1. The number of aromatic nitrogens is 3. The number of nitrogens with zero attached hydrogens (tertiary/aromatic N) is 3. The Morgan fingerprint density at radius 1 is 1.20 bits per heavy atom. The molecule has 2 aromatic heterocycles. The molecule has 6 nitrogen and oxygen atoms in total. The van der Waals surface area contributed by atoms with Gasteiger partial charge in [-0.05, 0) is 30.3 Å². The fraction of sp³-hybridized carbons (Fsp3) is 0.167. The van der Waals surface area contributed by atoms with Crippen molar-refractivity contribution in [3.63, 3.8) is 0 Å². The summed E-state index contributed by atoms with van der Waals surface area (Å²) in [7, 11) is 1.80. The van der Waals surface area contributed by atoms with Crippen LogP contribution >= 0.6 is 0 Å². The van der Waals surface area contributed by atoms with Crippen LogP contribution < -0.4 is 10.1 Å². The summed E-state index contributed by atoms with van der Waals surface area (Å²) in [5, 5.41) is 7.11. The Morgan fingerprint density at radius 3 is 2.76 bits per heavy atom. The molecule has 0 aliphatic carbocycles. The molecule has 0 saturated heterocycles. The number of hydrogen-bond acceptors (Lipinski definition) is 4. The van der Waals surface area contributed by atoms with E-state index in [-0.39, 0.29) is 24.8 Å². The van der Waals surface area contributed by atoms with Gasteiger partial charge in [-0.15, -0.1) is 0 Å². The third-order valence-corrected chi connectivity index (χ3v) is 3.57. The summed E-state index contributed by atoms with van der Waals surface area (Å²) >= 11 is 0. The molecule has 0 fully saturated rings. The predicted molar refractivity (Wildman–Crippen MR) is 90.2 cm³/mol. The van der Waals surface area contributed by atoms with E-state index in [0.29, 0.717) is 0 Å². The Morgan fingerprint density at radius 2 is 2.00 bits per heavy atom. The second-order valence-electron chi connectivity index (χ2n) is 5.36. The van der Waals surface area contributed by atoms with Crippen LogP contribution in [0, 0.1) is 5.82 Å². The van der Waals surface area contributed by atoms with Gasteiger partial charge in [-0.1, -0.05) is 18.2 Å². The van der Waals surface area contributed by atoms with Crippen molar-refractivity contribution < 1.29 is 13.9 Å². The molecule has 2 heterocycles. The highest BCUT2D eigenvalue weighted by Gasteiger charge is 2.10. The van der Waals surface area contributed by atoms with Gasteiger partial charge in [0.1, 0.15) is 5.69 Å². The van der Waals surface area contributed by atoms with Gasteiger partial charge in [-0.3, -0.25) is 14.5 Å². The van der Waals surface area contributed by atoms with Crippen molar-refractivity contribution in [2.75, 3.05) is 6.61 Å². The minimum Gasteiger partial charge on any atom is -0.481 e. The Labute approximate surface area is 144 Å². The average Bonchev–Trinajstić information content (AvgIpc) is 3.01. The number of carbonyl (C=O) groups is 1. The Balaban J connectivity index is 1.56. The van der Waals surface area contributed by atoms with Crippen LogP contribution in [-0.4, -0.2) is 27.3 Å². The molecule has 0 atom stereocenters. The average molecular weight is 340 g/mol. The summed E-state index contributed by atoms with van der Waals surface area (Å²) in [6.45, 7) is 0.0294. The quantitative estimate of drug-likeness (QED) is 0.748. The van der Waals surface area contributed by atoms with Gasteiger partial charge in [0.2, 0.25) is 0 Å². The van der Waals surface area contributed by atoms with Crippen LogP contribution in [0.4, 0.5) is 4.39 Å². The van der Waals surface area contributed by atoms with Crippen molar-refractivity contribution in [3.8, 4) is 17.1 Å². The number of benzene rings is 1. The molecule has 0 bridgehead atoms. The van der Waals surface area contributed by atoms with Crippen LogP contribution in [-0.2, 0) is 18.4 Å². The van der Waals surface area contributed by atoms with Gasteiger partial charge in [-0.25, -0.2) is 4.39 Å². The van der Waals surface area contributed by atoms with Gasteiger partial charge in [0, 0.05) is 13.2 Å². The highest BCUT2D eigenvalue weighted by molar-refractivity contribution is 5.77. The minimum atomic E-state index is -0.498. The second kappa shape index (κ2) is 7.57. The summed E-state index contributed by atoms with van der Waals surface area (Å²) in [6, 6.07) is 13.4. The lowest BCUT2D eigenvalue weighted by atomic mass is 10.2. The number of nitrogens with one attached hydrogen (secondary N) is 1. The third kappa shape index (κ3) is 4.20. The van der Waals surface area contributed by atoms with E-state index < -0.39 is 5.82 Å². The highest BCUT2D eigenvalue weighted by atomic mass is 19.1. The number of pyridine rings is 1. The van der Waals surface area contributed by atoms with E-state index in [4.69, 9.17) is 4.74 Å². The molecule has 0 spiro atoms. The van der Waals surface area contributed by atoms with Crippen molar-refractivity contribution in [2.45, 2.75) is 6.54 Å². The highest BCUT2D eigenvalue weighted by Crippen LogP contribution is 2.16. The number of rotatable bonds is 6. The Bertz CT molecular complexity index is 865. The number of ether oxygens (including phenoxy) is 1. The number of hydrogen-bond donors (Lipinski definition) is 1. The SMILES string of the molecule is Cn1nc(-c2ccccn2)cc1CNC(=O)COc1ccccc1F. The van der Waals surface area contributed by atoms with Crippen molar-refractivity contribution in [3.05, 3.63) is 66.2 Å². The maximum Gasteiger partial charge on any atom is 0.258 e. The number of carbonyl (C=O) groups excluding carboxylic acids is 1. The maximum absolute atomic E-state index is 13.4. The van der Waals surface area contributed by atoms with Gasteiger partial charge in [0.05, 0.1) is 17.9 Å². The number of halogens is 1. The van der Waals surface area contributed by atoms with Crippen molar-refractivity contribution >= 4 is 5.91 Å². The minimum absolute atomic E-state index is 0.0515. The van der Waals surface area contributed by atoms with Gasteiger partial charge < -0.3 is 10.1 Å². The monoisotopic (exact) mass is 340 g/mol. The number of para-hydroxylation sites is 1. The molecule has 25 heavy (non-hydrogen) atoms. The van der Waals surface area contributed by atoms with E-state index in [1.165, 1.54) is 12.1 Å². The molecule has 1 aromatic carbocycles. The van der Waals surface area contributed by atoms with E-state index >= 15 is 0 Å². The summed E-state index contributed by atoms with van der Waals surface area (Å²) in [4.78, 5) is 16.1. The smallest absolute Gasteiger partial charge is 0.258 e. The van der Waals surface area contributed by atoms with Crippen molar-refractivity contribution in [1.82, 2.24) is 20.1 Å². The summed E-state index contributed by atoms with van der Waals surface area (Å²) < 4.78 is 20.3. The molecular formula is C18H17FN4O2. The lowest BCUT2D eigenvalue weighted by molar-refractivity contribution is -0.123. The topological polar surface area (TPSA) is 69.0 Å². The molecule has 0 radical (unpaired) electrons. The van der Waals surface area contributed by atoms with E-state index in [0.717, 1.165) is 17.1 Å². The zero-order chi connectivity index (χ0) is 17.6. The fourth-order valence-electron chi connectivity index (χ4n) is 2.26. The van der Waals surface area contributed by atoms with E-state index in [2.05, 4.69) is 15.4 Å². The Hall–Kier alpha value is -3.22. The number of amides is 1. The first-order valence-corrected chi connectivity index (χ1v) is 7.72. The molecule has 0 aliphatic heterocycles. The second-order valence-corrected chi connectivity index (χ2v) is 5.36. The van der Waals surface area contributed by atoms with Crippen LogP contribution in [0.2, 0.25) is 0 Å². The molecule has 3 rings (SSSR count). The molecule has 0 saturated carbocycles. The molecular weight excluding hydrogens is 323 g/mol. The van der Waals surface area contributed by atoms with Crippen LogP contribution in [0.15, 0.2) is 54.7 Å². The van der Waals surface area contributed by atoms with Crippen LogP contribution in [0.25, 0.3) is 11.4 Å². The Kier molecular flexibility index (Phi) is 5.03. The number of aryl methyl sites for hydroxylation is 1. The first-order valence-electron chi connectivity index (χ1n) is 7.72. The van der Waals surface area contributed by atoms with Gasteiger partial charge in [-0.2, -0.15) is 5.10 Å². The summed E-state index contributed by atoms with van der Waals surface area (Å²) in [5.41, 5.74) is 2.31. The van der Waals surface area contributed by atoms with Crippen LogP contribution in [0.5, 0.6) is 5.75 Å². The lowest BCUT2D eigenvalue weighted by Gasteiger charge is -2.08. The summed E-state index contributed by atoms with van der Waals surface area (Å²) in [6.07, 6.45) is 1.70. The van der Waals surface area contributed by atoms with Gasteiger partial charge in [0.25, 0.3) is 5.91 Å². The van der Waals surface area contributed by atoms with Crippen molar-refractivity contribution in [2.24, 2.45) is 7.05 Å². The molecule has 128 valence electrons. The molecule has 0 aliphatic rings. The summed E-state index contributed by atoms with van der Waals surface area (Å²) in [5.74, 6) is -0.790. The molecule has 1 amide bonds. The normalized spacial score (nSPS) is 10.5.